The number of hydrogen-bond donors (Lipinski definition) is 0. The van der Waals surface area contributed by atoms with Crippen LogP contribution in [0.5, 0.6) is 0 Å². The third-order valence-electron chi connectivity index (χ3n) is 21.0. The smallest absolute Gasteiger partial charge is 0.333 e. The lowest BCUT2D eigenvalue weighted by Crippen LogP contribution is -2.62. The van der Waals surface area contributed by atoms with Crippen molar-refractivity contribution in [3.63, 3.8) is 0 Å². The predicted molar refractivity (Wildman–Crippen MR) is 325 cm³/mol. The lowest BCUT2D eigenvalue weighted by atomic mass is 9.42. The minimum atomic E-state index is -0.527. The van der Waals surface area contributed by atoms with Gasteiger partial charge in [0.05, 0.1) is 11.1 Å². The molecule has 3 heterocycles. The van der Waals surface area contributed by atoms with Crippen molar-refractivity contribution >= 4 is 46.2 Å². The Balaban J connectivity index is 1.05. The molecule has 0 fully saturated rings. The molecule has 2 nitrogen and oxygen atoms in total. The molecule has 0 radical (unpaired) electrons. The topological polar surface area (TPSA) is 6.48 Å². The highest BCUT2D eigenvalue weighted by Crippen LogP contribution is 2.65. The summed E-state index contributed by atoms with van der Waals surface area (Å²) in [5.41, 5.74) is 33.6. The summed E-state index contributed by atoms with van der Waals surface area (Å²) in [7, 11) is 0. The van der Waals surface area contributed by atoms with E-state index in [2.05, 4.69) is 255 Å². The van der Waals surface area contributed by atoms with Crippen LogP contribution in [0.2, 0.25) is 0 Å². The second-order valence-electron chi connectivity index (χ2n) is 27.3. The Kier molecular flexibility index (Phi) is 8.81. The summed E-state index contributed by atoms with van der Waals surface area (Å²) in [4.78, 5) is 5.54. The van der Waals surface area contributed by atoms with Crippen LogP contribution in [0.3, 0.4) is 0 Å². The first-order valence-electron chi connectivity index (χ1n) is 28.7. The quantitative estimate of drug-likeness (QED) is 0.159. The normalized spacial score (nSPS) is 19.4. The van der Waals surface area contributed by atoms with Crippen LogP contribution in [0.15, 0.2) is 176 Å². The van der Waals surface area contributed by atoms with Crippen LogP contribution >= 0.6 is 0 Å². The van der Waals surface area contributed by atoms with Gasteiger partial charge in [0.15, 0.2) is 0 Å². The molecule has 9 aromatic rings. The molecule has 0 saturated heterocycles. The maximum atomic E-state index is 2.83. The van der Waals surface area contributed by atoms with Gasteiger partial charge in [-0.2, -0.15) is 0 Å². The molecule has 9 aromatic carbocycles. The molecule has 0 bridgehead atoms. The standard InChI is InChI=1S/C74H67BN2/c1-69(2)33-34-70(3,4)60-39-46(31-32-55(60)69)77-65-43-59-49(50-41-61-62(42-58(50)73(59,9)10)72(7,8)36-35-71(61,5)6)40-51(65)52-37-45(44-21-12-11-13-22-44)38-66-67(52)75(77)63-29-20-28-57-68(63)76(66)64-30-19-18-27-56(64)74(57)53-25-16-14-23-47(53)48-24-15-17-26-54(48)74/h11-32,37-43H,33-36H2,1-10H3. The average Bonchev–Trinajstić information content (AvgIpc) is 3.87. The van der Waals surface area contributed by atoms with Gasteiger partial charge >= 0.3 is 6.85 Å². The van der Waals surface area contributed by atoms with E-state index < -0.39 is 5.41 Å². The second-order valence-corrected chi connectivity index (χ2v) is 27.3. The van der Waals surface area contributed by atoms with Gasteiger partial charge in [-0.3, -0.25) is 0 Å². The first-order chi connectivity index (χ1) is 36.9. The summed E-state index contributed by atoms with van der Waals surface area (Å²) in [6, 6.07) is 69.9. The van der Waals surface area contributed by atoms with Gasteiger partial charge in [-0.15, -0.1) is 0 Å². The van der Waals surface area contributed by atoms with Gasteiger partial charge in [0, 0.05) is 33.7 Å². The van der Waals surface area contributed by atoms with Crippen molar-refractivity contribution < 1.29 is 0 Å². The maximum Gasteiger partial charge on any atom is 0.333 e. The Hall–Kier alpha value is -7.36. The van der Waals surface area contributed by atoms with Gasteiger partial charge < -0.3 is 9.71 Å². The number of anilines is 5. The summed E-state index contributed by atoms with van der Waals surface area (Å²) >= 11 is 0. The van der Waals surface area contributed by atoms with E-state index >= 15 is 0 Å². The molecule has 0 unspecified atom stereocenters. The number of fused-ring (bicyclic) bond motifs is 18. The molecule has 0 amide bonds. The molecular formula is C74H67BN2. The number of nitrogens with zero attached hydrogens (tertiary/aromatic N) is 2. The third-order valence-corrected chi connectivity index (χ3v) is 21.0. The highest BCUT2D eigenvalue weighted by atomic mass is 15.2. The fourth-order valence-electron chi connectivity index (χ4n) is 16.6. The number of benzene rings is 9. The zero-order valence-corrected chi connectivity index (χ0v) is 46.5. The van der Waals surface area contributed by atoms with Gasteiger partial charge in [-0.05, 0) is 201 Å². The van der Waals surface area contributed by atoms with Gasteiger partial charge in [-0.25, -0.2) is 0 Å². The van der Waals surface area contributed by atoms with Gasteiger partial charge in [0.2, 0.25) is 0 Å². The molecule has 0 aromatic heterocycles. The predicted octanol–water partition coefficient (Wildman–Crippen LogP) is 17.7. The zero-order chi connectivity index (χ0) is 52.5. The largest absolute Gasteiger partial charge is 0.376 e. The van der Waals surface area contributed by atoms with E-state index in [0.29, 0.717) is 0 Å². The monoisotopic (exact) mass is 995 g/mol. The third kappa shape index (κ3) is 5.73. The molecule has 0 saturated carbocycles. The van der Waals surface area contributed by atoms with Crippen LogP contribution in [-0.4, -0.2) is 6.85 Å². The molecule has 7 aliphatic rings. The molecule has 1 spiro atoms. The molecule has 3 heteroatoms. The Morgan fingerprint density at radius 2 is 0.896 bits per heavy atom. The highest BCUT2D eigenvalue weighted by molar-refractivity contribution is 6.93. The van der Waals surface area contributed by atoms with Crippen molar-refractivity contribution in [3.8, 4) is 44.5 Å². The maximum absolute atomic E-state index is 2.83. The minimum Gasteiger partial charge on any atom is -0.376 e. The lowest BCUT2D eigenvalue weighted by molar-refractivity contribution is 0.331. The van der Waals surface area contributed by atoms with E-state index in [9.17, 15) is 0 Å². The highest BCUT2D eigenvalue weighted by Gasteiger charge is 2.56. The van der Waals surface area contributed by atoms with Crippen molar-refractivity contribution in [2.24, 2.45) is 0 Å². The Bertz CT molecular complexity index is 4060. The van der Waals surface area contributed by atoms with E-state index in [1.807, 2.05) is 0 Å². The Morgan fingerprint density at radius 3 is 1.58 bits per heavy atom. The summed E-state index contributed by atoms with van der Waals surface area (Å²) in [6.45, 7) is 24.7. The van der Waals surface area contributed by atoms with E-state index in [1.54, 1.807) is 0 Å². The summed E-state index contributed by atoms with van der Waals surface area (Å²) in [6.07, 6.45) is 4.74. The number of rotatable bonds is 2. The van der Waals surface area contributed by atoms with E-state index in [1.165, 1.54) is 159 Å². The van der Waals surface area contributed by atoms with Crippen molar-refractivity contribution in [1.29, 1.82) is 0 Å². The van der Waals surface area contributed by atoms with Crippen molar-refractivity contribution in [3.05, 3.63) is 232 Å². The molecule has 77 heavy (non-hydrogen) atoms. The first kappa shape index (κ1) is 45.8. The Labute approximate surface area is 457 Å². The van der Waals surface area contributed by atoms with Crippen LogP contribution in [-0.2, 0) is 32.5 Å². The number of para-hydroxylation sites is 2. The lowest BCUT2D eigenvalue weighted by Gasteiger charge is -2.52. The SMILES string of the molecule is CC1(C)CCC(C)(C)c2cc(N3B4c5cccc6c5N(c5ccccc5C65c6ccccc6-c6ccccc65)c5cc(-c6ccccc6)cc(c54)-c4cc5c(cc43)C(C)(C)c3cc4c(cc3-5)C(C)(C)CCC4(C)C)ccc21. The fourth-order valence-corrected chi connectivity index (χ4v) is 16.6. The zero-order valence-electron chi connectivity index (χ0n) is 46.5. The average molecular weight is 995 g/mol. The van der Waals surface area contributed by atoms with Crippen LogP contribution < -0.4 is 20.6 Å². The molecular weight excluding hydrogens is 928 g/mol. The molecule has 376 valence electrons. The van der Waals surface area contributed by atoms with Crippen molar-refractivity contribution in [2.45, 2.75) is 127 Å². The van der Waals surface area contributed by atoms with Crippen LogP contribution in [0.25, 0.3) is 44.5 Å². The van der Waals surface area contributed by atoms with E-state index in [0.717, 1.165) is 6.42 Å². The molecule has 0 N–H and O–H groups in total. The minimum absolute atomic E-state index is 0.0317. The molecule has 4 aliphatic carbocycles. The Morgan fingerprint density at radius 1 is 0.338 bits per heavy atom. The van der Waals surface area contributed by atoms with Crippen LogP contribution in [0, 0.1) is 0 Å². The molecule has 3 aliphatic heterocycles. The van der Waals surface area contributed by atoms with Gasteiger partial charge in [0.1, 0.15) is 0 Å². The van der Waals surface area contributed by atoms with Crippen LogP contribution in [0.1, 0.15) is 151 Å². The summed E-state index contributed by atoms with van der Waals surface area (Å²) in [5, 5.41) is 0. The fraction of sp³-hybridized carbons (Fsp3) is 0.270. The summed E-state index contributed by atoms with van der Waals surface area (Å²) in [5.74, 6) is 0. The van der Waals surface area contributed by atoms with Gasteiger partial charge in [-0.1, -0.05) is 197 Å². The summed E-state index contributed by atoms with van der Waals surface area (Å²) < 4.78 is 0. The molecule has 16 rings (SSSR count). The van der Waals surface area contributed by atoms with E-state index in [-0.39, 0.29) is 33.9 Å². The van der Waals surface area contributed by atoms with Gasteiger partial charge in [0.25, 0.3) is 0 Å². The van der Waals surface area contributed by atoms with Crippen molar-refractivity contribution in [1.82, 2.24) is 0 Å². The number of hydrogen-bond acceptors (Lipinski definition) is 2. The second kappa shape index (κ2) is 14.8. The van der Waals surface area contributed by atoms with E-state index in [4.69, 9.17) is 0 Å². The first-order valence-corrected chi connectivity index (χ1v) is 28.7. The molecule has 0 atom stereocenters. The van der Waals surface area contributed by atoms with Crippen LogP contribution in [0.4, 0.5) is 28.4 Å². The van der Waals surface area contributed by atoms with Crippen molar-refractivity contribution in [2.75, 3.05) is 9.71 Å².